The Hall–Kier alpha value is -2.13. The first-order valence-electron chi connectivity index (χ1n) is 8.32. The van der Waals surface area contributed by atoms with Gasteiger partial charge in [0.1, 0.15) is 4.88 Å². The number of esters is 1. The van der Waals surface area contributed by atoms with Crippen molar-refractivity contribution < 1.29 is 22.7 Å². The summed E-state index contributed by atoms with van der Waals surface area (Å²) in [5.41, 5.74) is 0.599. The van der Waals surface area contributed by atoms with E-state index < -0.39 is 9.84 Å². The van der Waals surface area contributed by atoms with Crippen LogP contribution >= 0.6 is 11.3 Å². The largest absolute Gasteiger partial charge is 0.462 e. The monoisotopic (exact) mass is 396 g/mol. The van der Waals surface area contributed by atoms with Crippen LogP contribution in [0.15, 0.2) is 24.3 Å². The first-order chi connectivity index (χ1) is 12.4. The highest BCUT2D eigenvalue weighted by Gasteiger charge is 2.27. The van der Waals surface area contributed by atoms with Gasteiger partial charge in [-0.2, -0.15) is 0 Å². The van der Waals surface area contributed by atoms with E-state index in [2.05, 4.69) is 10.6 Å². The minimum absolute atomic E-state index is 0.0303. The summed E-state index contributed by atoms with van der Waals surface area (Å²) in [5, 5.41) is 6.29. The average molecular weight is 396 g/mol. The van der Waals surface area contributed by atoms with Gasteiger partial charge in [0.15, 0.2) is 9.84 Å². The molecule has 2 amide bonds. The summed E-state index contributed by atoms with van der Waals surface area (Å²) in [6, 6.07) is 6.74. The van der Waals surface area contributed by atoms with E-state index >= 15 is 0 Å². The van der Waals surface area contributed by atoms with Gasteiger partial charge in [-0.05, 0) is 48.9 Å². The molecule has 0 radical (unpaired) electrons. The van der Waals surface area contributed by atoms with E-state index in [1.165, 1.54) is 11.3 Å². The lowest BCUT2D eigenvalue weighted by Gasteiger charge is -2.11. The summed E-state index contributed by atoms with van der Waals surface area (Å²) in [4.78, 5) is 24.3. The molecule has 2 aromatic rings. The van der Waals surface area contributed by atoms with Crippen molar-refractivity contribution >= 4 is 48.9 Å². The summed E-state index contributed by atoms with van der Waals surface area (Å²) < 4.78 is 28.8. The molecule has 0 bridgehead atoms. The Balaban J connectivity index is 1.59. The fourth-order valence-corrected chi connectivity index (χ4v) is 5.67. The zero-order valence-corrected chi connectivity index (χ0v) is 15.9. The predicted octanol–water partition coefficient (Wildman–Crippen LogP) is 2.63. The van der Waals surface area contributed by atoms with Gasteiger partial charge in [-0.3, -0.25) is 0 Å². The number of benzene rings is 1. The first-order valence-corrected chi connectivity index (χ1v) is 11.0. The van der Waals surface area contributed by atoms with Crippen LogP contribution in [-0.2, 0) is 14.6 Å². The van der Waals surface area contributed by atoms with E-state index in [1.807, 2.05) is 6.07 Å². The van der Waals surface area contributed by atoms with Crippen molar-refractivity contribution in [2.75, 3.05) is 30.0 Å². The number of urea groups is 1. The van der Waals surface area contributed by atoms with Crippen molar-refractivity contribution in [2.45, 2.75) is 13.3 Å². The van der Waals surface area contributed by atoms with Gasteiger partial charge in [-0.25, -0.2) is 18.0 Å². The third kappa shape index (κ3) is 4.53. The molecule has 2 heterocycles. The van der Waals surface area contributed by atoms with E-state index in [4.69, 9.17) is 4.74 Å². The molecule has 0 spiro atoms. The van der Waals surface area contributed by atoms with E-state index in [1.54, 1.807) is 25.1 Å². The lowest BCUT2D eigenvalue weighted by Crippen LogP contribution is -2.33. The van der Waals surface area contributed by atoms with Crippen molar-refractivity contribution in [2.24, 2.45) is 5.92 Å². The van der Waals surface area contributed by atoms with Crippen molar-refractivity contribution in [1.82, 2.24) is 5.32 Å². The number of sulfone groups is 1. The Morgan fingerprint density at radius 3 is 2.81 bits per heavy atom. The third-order valence-electron chi connectivity index (χ3n) is 4.13. The minimum atomic E-state index is -2.94. The Morgan fingerprint density at radius 1 is 1.31 bits per heavy atom. The molecule has 26 heavy (non-hydrogen) atoms. The van der Waals surface area contributed by atoms with Gasteiger partial charge in [-0.15, -0.1) is 11.3 Å². The molecule has 1 atom stereocenters. The second-order valence-electron chi connectivity index (χ2n) is 6.19. The molecular formula is C17H20N2O5S2. The molecule has 1 aliphatic rings. The highest BCUT2D eigenvalue weighted by Crippen LogP contribution is 2.28. The molecule has 1 aliphatic heterocycles. The maximum Gasteiger partial charge on any atom is 0.348 e. The van der Waals surface area contributed by atoms with Crippen molar-refractivity contribution in [1.29, 1.82) is 0 Å². The number of amides is 2. The summed E-state index contributed by atoms with van der Waals surface area (Å²) >= 11 is 1.34. The zero-order chi connectivity index (χ0) is 18.7. The molecule has 0 saturated carbocycles. The number of hydrogen-bond acceptors (Lipinski definition) is 6. The number of carbonyl (C=O) groups is 2. The quantitative estimate of drug-likeness (QED) is 0.757. The summed E-state index contributed by atoms with van der Waals surface area (Å²) in [6.45, 7) is 2.41. The van der Waals surface area contributed by atoms with Gasteiger partial charge in [0, 0.05) is 16.9 Å². The van der Waals surface area contributed by atoms with Gasteiger partial charge in [0.25, 0.3) is 0 Å². The Labute approximate surface area is 155 Å². The van der Waals surface area contributed by atoms with Crippen LogP contribution in [0, 0.1) is 5.92 Å². The van der Waals surface area contributed by atoms with E-state index in [-0.39, 0.29) is 29.4 Å². The highest BCUT2D eigenvalue weighted by atomic mass is 32.2. The molecule has 140 valence electrons. The smallest absolute Gasteiger partial charge is 0.348 e. The summed E-state index contributed by atoms with van der Waals surface area (Å²) in [7, 11) is -2.94. The molecular weight excluding hydrogens is 376 g/mol. The van der Waals surface area contributed by atoms with Crippen LogP contribution in [0.2, 0.25) is 0 Å². The molecule has 2 N–H and O–H groups in total. The van der Waals surface area contributed by atoms with E-state index in [0.29, 0.717) is 30.1 Å². The Kier molecular flexibility index (Phi) is 5.47. The van der Waals surface area contributed by atoms with Gasteiger partial charge in [0.2, 0.25) is 0 Å². The molecule has 0 aliphatic carbocycles. The SMILES string of the molecule is CCOC(=O)c1cc2cc(NC(=O)NC[C@H]3CCS(=O)(=O)C3)ccc2s1. The van der Waals surface area contributed by atoms with Crippen LogP contribution in [0.4, 0.5) is 10.5 Å². The van der Waals surface area contributed by atoms with Crippen molar-refractivity contribution in [3.8, 4) is 0 Å². The molecule has 1 saturated heterocycles. The van der Waals surface area contributed by atoms with Crippen LogP contribution < -0.4 is 10.6 Å². The van der Waals surface area contributed by atoms with E-state index in [9.17, 15) is 18.0 Å². The van der Waals surface area contributed by atoms with Crippen LogP contribution in [-0.4, -0.2) is 45.1 Å². The van der Waals surface area contributed by atoms with Crippen LogP contribution in [0.1, 0.15) is 23.0 Å². The first kappa shape index (κ1) is 18.7. The van der Waals surface area contributed by atoms with E-state index in [0.717, 1.165) is 10.1 Å². The maximum atomic E-state index is 12.0. The number of fused-ring (bicyclic) bond motifs is 1. The number of carbonyl (C=O) groups excluding carboxylic acids is 2. The van der Waals surface area contributed by atoms with Crippen LogP contribution in [0.25, 0.3) is 10.1 Å². The number of rotatable bonds is 5. The normalized spacial score (nSPS) is 18.6. The lowest BCUT2D eigenvalue weighted by atomic mass is 10.1. The number of thiophene rings is 1. The van der Waals surface area contributed by atoms with Crippen molar-refractivity contribution in [3.05, 3.63) is 29.1 Å². The summed E-state index contributed by atoms with van der Waals surface area (Å²) in [6.07, 6.45) is 0.583. The van der Waals surface area contributed by atoms with Crippen LogP contribution in [0.3, 0.4) is 0 Å². The number of anilines is 1. The molecule has 0 unspecified atom stereocenters. The third-order valence-corrected chi connectivity index (χ3v) is 7.06. The fourth-order valence-electron chi connectivity index (χ4n) is 2.87. The van der Waals surface area contributed by atoms with Gasteiger partial charge < -0.3 is 15.4 Å². The molecule has 1 fully saturated rings. The topological polar surface area (TPSA) is 102 Å². The molecule has 3 rings (SSSR count). The van der Waals surface area contributed by atoms with Crippen molar-refractivity contribution in [3.63, 3.8) is 0 Å². The minimum Gasteiger partial charge on any atom is -0.462 e. The highest BCUT2D eigenvalue weighted by molar-refractivity contribution is 7.91. The number of hydrogen-bond donors (Lipinski definition) is 2. The second kappa shape index (κ2) is 7.63. The zero-order valence-electron chi connectivity index (χ0n) is 14.3. The fraction of sp³-hybridized carbons (Fsp3) is 0.412. The Bertz CT molecular complexity index is 936. The molecule has 1 aromatic carbocycles. The number of ether oxygens (including phenoxy) is 1. The molecule has 9 heteroatoms. The van der Waals surface area contributed by atoms with Crippen LogP contribution in [0.5, 0.6) is 0 Å². The number of nitrogens with one attached hydrogen (secondary N) is 2. The maximum absolute atomic E-state index is 12.0. The summed E-state index contributed by atoms with van der Waals surface area (Å²) in [5.74, 6) is -0.0617. The molecule has 7 nitrogen and oxygen atoms in total. The van der Waals surface area contributed by atoms with Gasteiger partial charge in [-0.1, -0.05) is 0 Å². The predicted molar refractivity (Wildman–Crippen MR) is 102 cm³/mol. The standard InChI is InChI=1S/C17H20N2O5S2/c1-2-24-16(20)15-8-12-7-13(3-4-14(12)25-15)19-17(21)18-9-11-5-6-26(22,23)10-11/h3-4,7-8,11H,2,5-6,9-10H2,1H3,(H2,18,19,21)/t11-/m1/s1. The van der Waals surface area contributed by atoms with Gasteiger partial charge >= 0.3 is 12.0 Å². The Morgan fingerprint density at radius 2 is 2.12 bits per heavy atom. The van der Waals surface area contributed by atoms with Gasteiger partial charge in [0.05, 0.1) is 18.1 Å². The average Bonchev–Trinajstić information content (AvgIpc) is 3.15. The molecule has 1 aromatic heterocycles. The second-order valence-corrected chi connectivity index (χ2v) is 9.50. The lowest BCUT2D eigenvalue weighted by molar-refractivity contribution is 0.0532.